The summed E-state index contributed by atoms with van der Waals surface area (Å²) in [6.07, 6.45) is -7.46. The van der Waals surface area contributed by atoms with E-state index in [2.05, 4.69) is 0 Å². The van der Waals surface area contributed by atoms with Crippen molar-refractivity contribution in [2.75, 3.05) is 0 Å². The Morgan fingerprint density at radius 3 is 1.07 bits per heavy atom. The summed E-state index contributed by atoms with van der Waals surface area (Å²) < 4.78 is 196. The molecule has 0 saturated heterocycles. The van der Waals surface area contributed by atoms with E-state index in [1.165, 1.54) is 0 Å². The van der Waals surface area contributed by atoms with Gasteiger partial charge in [0.1, 0.15) is 0 Å². The third-order valence-electron chi connectivity index (χ3n) is 2.87. The van der Waals surface area contributed by atoms with E-state index in [1.54, 1.807) is 0 Å². The lowest BCUT2D eigenvalue weighted by molar-refractivity contribution is -0.794. The zero-order valence-electron chi connectivity index (χ0n) is 11.9. The zero-order valence-corrected chi connectivity index (χ0v) is 14.1. The Hall–Kier alpha value is -1.17. The van der Waals surface area contributed by atoms with Gasteiger partial charge in [-0.25, -0.2) is 13.2 Å². The molecule has 0 fully saturated rings. The van der Waals surface area contributed by atoms with Gasteiger partial charge in [-0.3, -0.25) is 0 Å². The fourth-order valence-electron chi connectivity index (χ4n) is 1.39. The summed E-state index contributed by atoms with van der Waals surface area (Å²) in [5.41, 5.74) is 0. The molecule has 0 bridgehead atoms. The molecule has 28 heavy (non-hydrogen) atoms. The summed E-state index contributed by atoms with van der Waals surface area (Å²) >= 11 is -4.81. The second-order valence-corrected chi connectivity index (χ2v) is 7.67. The summed E-state index contributed by atoms with van der Waals surface area (Å²) in [4.78, 5) is 0. The minimum atomic E-state index is -7.86. The number of hydrogen-bond donors (Lipinski definition) is 0. The molecular formula is C11F16I+. The molecule has 1 aromatic rings. The van der Waals surface area contributed by atoms with Crippen LogP contribution in [0.2, 0.25) is 0 Å². The minimum Gasteiger partial charge on any atom is -0.200 e. The molecule has 1 aromatic carbocycles. The molecular weight excluding hydrogens is 563 g/mol. The van der Waals surface area contributed by atoms with Crippen molar-refractivity contribution < 1.29 is 91.5 Å². The topological polar surface area (TPSA) is 0 Å². The SMILES string of the molecule is Fc1c(F)c(F)c([I+]C(F)(F)C(F)(F)C(F)(F)C(F)(F)C(F)(F)F)c(F)c1F. The fraction of sp³-hybridized carbons (Fsp3) is 0.455. The largest absolute Gasteiger partial charge is 0.517 e. The van der Waals surface area contributed by atoms with Gasteiger partial charge in [0.15, 0.2) is 0 Å². The Morgan fingerprint density at radius 1 is 0.429 bits per heavy atom. The van der Waals surface area contributed by atoms with E-state index < -0.39 is 81.7 Å². The number of hydrogen-bond acceptors (Lipinski definition) is 0. The average molecular weight is 563 g/mol. The molecule has 0 aliphatic heterocycles. The van der Waals surface area contributed by atoms with Gasteiger partial charge in [-0.05, 0) is 0 Å². The number of alkyl halides is 12. The van der Waals surface area contributed by atoms with Gasteiger partial charge in [0.25, 0.3) is 3.57 Å². The van der Waals surface area contributed by atoms with Gasteiger partial charge >= 0.3 is 49.1 Å². The minimum absolute atomic E-state index is 2.73. The van der Waals surface area contributed by atoms with Crippen molar-refractivity contribution in [3.63, 3.8) is 0 Å². The quantitative estimate of drug-likeness (QED) is 0.170. The summed E-state index contributed by atoms with van der Waals surface area (Å²) in [6.45, 7) is 0. The van der Waals surface area contributed by atoms with Crippen molar-refractivity contribution in [3.05, 3.63) is 32.7 Å². The van der Waals surface area contributed by atoms with E-state index in [9.17, 15) is 70.2 Å². The van der Waals surface area contributed by atoms with Gasteiger partial charge in [-0.1, -0.05) is 0 Å². The monoisotopic (exact) mass is 563 g/mol. The Bertz CT molecular complexity index is 734. The summed E-state index contributed by atoms with van der Waals surface area (Å²) in [5, 5.41) is 0. The van der Waals surface area contributed by atoms with E-state index in [4.69, 9.17) is 0 Å². The van der Waals surface area contributed by atoms with Crippen LogP contribution >= 0.6 is 0 Å². The van der Waals surface area contributed by atoms with Crippen LogP contribution in [0.3, 0.4) is 0 Å². The van der Waals surface area contributed by atoms with Gasteiger partial charge in [-0.2, -0.15) is 57.1 Å². The molecule has 162 valence electrons. The molecule has 0 aliphatic carbocycles. The number of benzene rings is 1. The maximum absolute atomic E-state index is 13.5. The number of rotatable bonds is 5. The van der Waals surface area contributed by atoms with Crippen LogP contribution in [-0.2, 0) is 0 Å². The second-order valence-electron chi connectivity index (χ2n) is 4.70. The predicted octanol–water partition coefficient (Wildman–Crippen LogP) is 2.70. The molecule has 0 spiro atoms. The molecule has 17 heteroatoms. The van der Waals surface area contributed by atoms with Crippen LogP contribution in [0.1, 0.15) is 0 Å². The van der Waals surface area contributed by atoms with Crippen LogP contribution in [0, 0.1) is 32.7 Å². The van der Waals surface area contributed by atoms with Crippen molar-refractivity contribution in [2.45, 2.75) is 27.9 Å². The van der Waals surface area contributed by atoms with Gasteiger partial charge in [0.2, 0.25) is 29.1 Å². The highest BCUT2D eigenvalue weighted by molar-refractivity contribution is 5.13. The fourth-order valence-corrected chi connectivity index (χ4v) is 3.69. The average Bonchev–Trinajstić information content (AvgIpc) is 2.53. The van der Waals surface area contributed by atoms with E-state index in [0.717, 1.165) is 0 Å². The molecule has 0 saturated carbocycles. The van der Waals surface area contributed by atoms with Gasteiger partial charge in [0, 0.05) is 0 Å². The molecule has 0 unspecified atom stereocenters. The van der Waals surface area contributed by atoms with Gasteiger partial charge in [-0.15, -0.1) is 0 Å². The van der Waals surface area contributed by atoms with Crippen LogP contribution in [0.25, 0.3) is 0 Å². The molecule has 0 heterocycles. The first kappa shape index (κ1) is 24.9. The van der Waals surface area contributed by atoms with Crippen LogP contribution in [0.5, 0.6) is 0 Å². The Balaban J connectivity index is 3.56. The molecule has 1 rings (SSSR count). The maximum atomic E-state index is 13.5. The summed E-state index contributed by atoms with van der Waals surface area (Å²) in [6, 6.07) is 0. The van der Waals surface area contributed by atoms with Crippen molar-refractivity contribution in [3.8, 4) is 0 Å². The standard InChI is InChI=1S/C11F16I/c12-1-2(13)4(15)6(5(16)3(1)14)28-11(26,27)9(21,22)7(17,18)8(19,20)10(23,24)25/q+1. The van der Waals surface area contributed by atoms with E-state index in [1.807, 2.05) is 0 Å². The first-order valence-electron chi connectivity index (χ1n) is 5.90. The summed E-state index contributed by atoms with van der Waals surface area (Å²) in [5.74, 6) is -38.4. The maximum Gasteiger partial charge on any atom is 0.517 e. The van der Waals surface area contributed by atoms with Crippen LogP contribution < -0.4 is 21.2 Å². The van der Waals surface area contributed by atoms with E-state index >= 15 is 0 Å². The third kappa shape index (κ3) is 3.46. The first-order chi connectivity index (χ1) is 12.1. The van der Waals surface area contributed by atoms with Gasteiger partial charge < -0.3 is 0 Å². The molecule has 0 N–H and O–H groups in total. The lowest BCUT2D eigenvalue weighted by Gasteiger charge is -2.33. The third-order valence-corrected chi connectivity index (χ3v) is 5.71. The lowest BCUT2D eigenvalue weighted by atomic mass is 10.0. The first-order valence-corrected chi connectivity index (χ1v) is 8.06. The van der Waals surface area contributed by atoms with Gasteiger partial charge in [0.05, 0.1) is 0 Å². The van der Waals surface area contributed by atoms with Crippen molar-refractivity contribution >= 4 is 0 Å². The Labute approximate surface area is 152 Å². The smallest absolute Gasteiger partial charge is 0.200 e. The molecule has 0 radical (unpaired) electrons. The highest BCUT2D eigenvalue weighted by Gasteiger charge is 2.91. The molecule has 0 atom stereocenters. The van der Waals surface area contributed by atoms with Crippen molar-refractivity contribution in [1.82, 2.24) is 0 Å². The molecule has 0 aromatic heterocycles. The van der Waals surface area contributed by atoms with Crippen LogP contribution in [0.4, 0.5) is 70.2 Å². The Morgan fingerprint density at radius 2 is 0.750 bits per heavy atom. The Kier molecular flexibility index (Phi) is 6.18. The highest BCUT2D eigenvalue weighted by atomic mass is 127. The summed E-state index contributed by atoms with van der Waals surface area (Å²) in [7, 11) is 0. The lowest BCUT2D eigenvalue weighted by Crippen LogP contribution is -3.68. The van der Waals surface area contributed by atoms with Crippen molar-refractivity contribution in [2.24, 2.45) is 0 Å². The normalized spacial score (nSPS) is 14.6. The highest BCUT2D eigenvalue weighted by Crippen LogP contribution is 2.55. The van der Waals surface area contributed by atoms with E-state index in [0.29, 0.717) is 0 Å². The molecule has 0 aliphatic rings. The zero-order chi connectivity index (χ0) is 22.7. The van der Waals surface area contributed by atoms with E-state index in [-0.39, 0.29) is 0 Å². The van der Waals surface area contributed by atoms with Crippen LogP contribution in [-0.4, -0.2) is 27.9 Å². The molecule has 0 amide bonds. The van der Waals surface area contributed by atoms with Crippen molar-refractivity contribution in [1.29, 1.82) is 0 Å². The molecule has 0 nitrogen and oxygen atoms in total. The number of halogens is 17. The predicted molar refractivity (Wildman–Crippen MR) is 50.8 cm³/mol. The van der Waals surface area contributed by atoms with Crippen LogP contribution in [0.15, 0.2) is 0 Å². The second kappa shape index (κ2) is 6.96.